The van der Waals surface area contributed by atoms with Crippen LogP contribution >= 0.6 is 11.8 Å². The highest BCUT2D eigenvalue weighted by molar-refractivity contribution is 7.99. The standard InChI is InChI=1S/C14H27N3O2S/c1-14(2,10-18)9-16-11-7-12(15-8-11)13(19)17-3-5-20-6-4-17/h11-12,15-16,18H,3-10H2,1-2H3/t11?,12-/m0/s1. The molecule has 6 heteroatoms. The lowest BCUT2D eigenvalue weighted by Crippen LogP contribution is -2.47. The summed E-state index contributed by atoms with van der Waals surface area (Å²) in [5, 5.41) is 16.1. The van der Waals surface area contributed by atoms with E-state index in [1.54, 1.807) is 0 Å². The largest absolute Gasteiger partial charge is 0.396 e. The van der Waals surface area contributed by atoms with E-state index >= 15 is 0 Å². The zero-order chi connectivity index (χ0) is 14.6. The molecule has 0 saturated carbocycles. The molecule has 2 fully saturated rings. The SMILES string of the molecule is CC(C)(CO)CNC1CN[C@H](C(=O)N2CCSCC2)C1. The highest BCUT2D eigenvalue weighted by Crippen LogP contribution is 2.16. The number of carbonyl (C=O) groups is 1. The van der Waals surface area contributed by atoms with Gasteiger partial charge < -0.3 is 20.6 Å². The van der Waals surface area contributed by atoms with Crippen molar-refractivity contribution in [2.24, 2.45) is 5.41 Å². The van der Waals surface area contributed by atoms with Crippen molar-refractivity contribution in [2.45, 2.75) is 32.4 Å². The van der Waals surface area contributed by atoms with E-state index in [1.807, 2.05) is 30.5 Å². The summed E-state index contributed by atoms with van der Waals surface area (Å²) in [5.74, 6) is 2.38. The highest BCUT2D eigenvalue weighted by atomic mass is 32.2. The Labute approximate surface area is 125 Å². The van der Waals surface area contributed by atoms with Gasteiger partial charge in [-0.25, -0.2) is 0 Å². The maximum atomic E-state index is 12.4. The van der Waals surface area contributed by atoms with Crippen molar-refractivity contribution < 1.29 is 9.90 Å². The number of amides is 1. The van der Waals surface area contributed by atoms with Crippen LogP contribution < -0.4 is 10.6 Å². The summed E-state index contributed by atoms with van der Waals surface area (Å²) >= 11 is 1.92. The quantitative estimate of drug-likeness (QED) is 0.662. The summed E-state index contributed by atoms with van der Waals surface area (Å²) in [6.07, 6.45) is 0.851. The summed E-state index contributed by atoms with van der Waals surface area (Å²) in [4.78, 5) is 14.4. The number of carbonyl (C=O) groups excluding carboxylic acids is 1. The highest BCUT2D eigenvalue weighted by Gasteiger charge is 2.33. The Balaban J connectivity index is 1.75. The van der Waals surface area contributed by atoms with Gasteiger partial charge in [-0.15, -0.1) is 0 Å². The molecule has 2 rings (SSSR count). The van der Waals surface area contributed by atoms with Crippen LogP contribution in [-0.4, -0.2) is 72.3 Å². The summed E-state index contributed by atoms with van der Waals surface area (Å²) in [6, 6.07) is 0.293. The molecule has 0 aromatic rings. The summed E-state index contributed by atoms with van der Waals surface area (Å²) in [6.45, 7) is 7.63. The van der Waals surface area contributed by atoms with E-state index in [9.17, 15) is 9.90 Å². The molecular formula is C14H27N3O2S. The van der Waals surface area contributed by atoms with Crippen molar-refractivity contribution >= 4 is 17.7 Å². The molecule has 0 aromatic heterocycles. The number of hydrogen-bond donors (Lipinski definition) is 3. The third-order valence-electron chi connectivity index (χ3n) is 4.05. The van der Waals surface area contributed by atoms with Gasteiger partial charge in [-0.3, -0.25) is 4.79 Å². The number of rotatable bonds is 5. The molecule has 20 heavy (non-hydrogen) atoms. The average Bonchev–Trinajstić information content (AvgIpc) is 2.94. The van der Waals surface area contributed by atoms with Gasteiger partial charge >= 0.3 is 0 Å². The lowest BCUT2D eigenvalue weighted by Gasteiger charge is -2.29. The molecule has 0 aliphatic carbocycles. The molecule has 2 aliphatic rings. The molecule has 1 unspecified atom stereocenters. The van der Waals surface area contributed by atoms with Crippen LogP contribution in [0.1, 0.15) is 20.3 Å². The maximum Gasteiger partial charge on any atom is 0.239 e. The second-order valence-electron chi connectivity index (χ2n) is 6.53. The Hall–Kier alpha value is -0.300. The Morgan fingerprint density at radius 1 is 1.45 bits per heavy atom. The van der Waals surface area contributed by atoms with Crippen LogP contribution in [0.5, 0.6) is 0 Å². The molecule has 116 valence electrons. The van der Waals surface area contributed by atoms with Crippen molar-refractivity contribution in [3.8, 4) is 0 Å². The minimum absolute atomic E-state index is 0.0344. The van der Waals surface area contributed by atoms with Gasteiger partial charge in [0.2, 0.25) is 5.91 Å². The Bertz CT molecular complexity index is 332. The van der Waals surface area contributed by atoms with E-state index in [1.165, 1.54) is 0 Å². The number of aliphatic hydroxyl groups excluding tert-OH is 1. The van der Waals surface area contributed by atoms with Crippen molar-refractivity contribution in [3.05, 3.63) is 0 Å². The Kier molecular flexibility index (Phi) is 5.72. The molecule has 2 aliphatic heterocycles. The average molecular weight is 301 g/mol. The molecule has 0 aromatic carbocycles. The molecule has 0 bridgehead atoms. The zero-order valence-electron chi connectivity index (χ0n) is 12.5. The van der Waals surface area contributed by atoms with Gasteiger partial charge in [0.05, 0.1) is 6.04 Å². The van der Waals surface area contributed by atoms with Gasteiger partial charge in [0.15, 0.2) is 0 Å². The van der Waals surface area contributed by atoms with Crippen molar-refractivity contribution in [2.75, 3.05) is 44.3 Å². The van der Waals surface area contributed by atoms with E-state index in [0.717, 1.165) is 44.1 Å². The number of nitrogens with one attached hydrogen (secondary N) is 2. The fourth-order valence-electron chi connectivity index (χ4n) is 2.56. The fraction of sp³-hybridized carbons (Fsp3) is 0.929. The zero-order valence-corrected chi connectivity index (χ0v) is 13.3. The van der Waals surface area contributed by atoms with Crippen molar-refractivity contribution in [1.29, 1.82) is 0 Å². The third kappa shape index (κ3) is 4.35. The Morgan fingerprint density at radius 2 is 2.15 bits per heavy atom. The number of aliphatic hydroxyl groups is 1. The topological polar surface area (TPSA) is 64.6 Å². The molecule has 2 saturated heterocycles. The molecule has 0 spiro atoms. The second kappa shape index (κ2) is 7.11. The monoisotopic (exact) mass is 301 g/mol. The van der Waals surface area contributed by atoms with Crippen LogP contribution in [0, 0.1) is 5.41 Å². The molecule has 5 nitrogen and oxygen atoms in total. The number of hydrogen-bond acceptors (Lipinski definition) is 5. The molecule has 2 heterocycles. The molecular weight excluding hydrogens is 274 g/mol. The minimum Gasteiger partial charge on any atom is -0.396 e. The van der Waals surface area contributed by atoms with Gasteiger partial charge in [0.1, 0.15) is 0 Å². The van der Waals surface area contributed by atoms with Crippen LogP contribution in [0.25, 0.3) is 0 Å². The third-order valence-corrected chi connectivity index (χ3v) is 4.99. The van der Waals surface area contributed by atoms with Gasteiger partial charge in [0, 0.05) is 55.7 Å². The van der Waals surface area contributed by atoms with Crippen LogP contribution in [0.3, 0.4) is 0 Å². The predicted octanol–water partition coefficient (Wildman–Crippen LogP) is -0.0996. The van der Waals surface area contributed by atoms with E-state index in [4.69, 9.17) is 0 Å². The molecule has 3 N–H and O–H groups in total. The molecule has 0 radical (unpaired) electrons. The first-order chi connectivity index (χ1) is 9.52. The van der Waals surface area contributed by atoms with Gasteiger partial charge in [0.25, 0.3) is 0 Å². The van der Waals surface area contributed by atoms with Crippen LogP contribution in [0.2, 0.25) is 0 Å². The maximum absolute atomic E-state index is 12.4. The first-order valence-corrected chi connectivity index (χ1v) is 8.61. The Morgan fingerprint density at radius 3 is 2.80 bits per heavy atom. The summed E-state index contributed by atoms with van der Waals surface area (Å²) < 4.78 is 0. The number of nitrogens with zero attached hydrogens (tertiary/aromatic N) is 1. The normalized spacial score (nSPS) is 27.9. The molecule has 1 amide bonds. The minimum atomic E-state index is -0.105. The number of thioether (sulfide) groups is 1. The van der Waals surface area contributed by atoms with Gasteiger partial charge in [-0.1, -0.05) is 13.8 Å². The lowest BCUT2D eigenvalue weighted by atomic mass is 9.94. The predicted molar refractivity (Wildman–Crippen MR) is 83.0 cm³/mol. The van der Waals surface area contributed by atoms with E-state index in [2.05, 4.69) is 10.6 Å². The van der Waals surface area contributed by atoms with Crippen LogP contribution in [0.4, 0.5) is 0 Å². The first-order valence-electron chi connectivity index (χ1n) is 7.46. The van der Waals surface area contributed by atoms with Gasteiger partial charge in [-0.05, 0) is 6.42 Å². The van der Waals surface area contributed by atoms with E-state index in [0.29, 0.717) is 6.04 Å². The van der Waals surface area contributed by atoms with E-state index in [-0.39, 0.29) is 24.0 Å². The van der Waals surface area contributed by atoms with Gasteiger partial charge in [-0.2, -0.15) is 11.8 Å². The van der Waals surface area contributed by atoms with E-state index < -0.39 is 0 Å². The lowest BCUT2D eigenvalue weighted by molar-refractivity contribution is -0.132. The van der Waals surface area contributed by atoms with Crippen LogP contribution in [-0.2, 0) is 4.79 Å². The van der Waals surface area contributed by atoms with Crippen molar-refractivity contribution in [1.82, 2.24) is 15.5 Å². The smallest absolute Gasteiger partial charge is 0.239 e. The molecule has 2 atom stereocenters. The summed E-state index contributed by atoms with van der Waals surface area (Å²) in [7, 11) is 0. The first kappa shape index (κ1) is 16.1. The van der Waals surface area contributed by atoms with Crippen LogP contribution in [0.15, 0.2) is 0 Å². The fourth-order valence-corrected chi connectivity index (χ4v) is 3.46. The second-order valence-corrected chi connectivity index (χ2v) is 7.76. The van der Waals surface area contributed by atoms with Crippen molar-refractivity contribution in [3.63, 3.8) is 0 Å². The summed E-state index contributed by atoms with van der Waals surface area (Å²) in [5.41, 5.74) is -0.105.